The Hall–Kier alpha value is -1.10. The van der Waals surface area contributed by atoms with Crippen molar-refractivity contribution < 1.29 is 9.47 Å². The summed E-state index contributed by atoms with van der Waals surface area (Å²) in [4.78, 5) is 2.28. The summed E-state index contributed by atoms with van der Waals surface area (Å²) in [6.45, 7) is 4.23. The summed E-state index contributed by atoms with van der Waals surface area (Å²) in [6, 6.07) is 8.13. The standard InChI is InChI=1S/C15H26N2O2/c1-5-15(11-16,12-18-3)17(2)10-13-6-8-14(19-4)9-7-13/h6-9H,5,10-12,16H2,1-4H3. The van der Waals surface area contributed by atoms with Gasteiger partial charge in [0, 0.05) is 20.2 Å². The zero-order valence-corrected chi connectivity index (χ0v) is 12.5. The van der Waals surface area contributed by atoms with E-state index in [1.807, 2.05) is 12.1 Å². The number of ether oxygens (including phenoxy) is 2. The fourth-order valence-corrected chi connectivity index (χ4v) is 2.28. The maximum atomic E-state index is 5.96. The van der Waals surface area contributed by atoms with Gasteiger partial charge in [0.2, 0.25) is 0 Å². The predicted octanol–water partition coefficient (Wildman–Crippen LogP) is 1.88. The second-order valence-electron chi connectivity index (χ2n) is 4.92. The minimum Gasteiger partial charge on any atom is -0.497 e. The van der Waals surface area contributed by atoms with E-state index in [-0.39, 0.29) is 5.54 Å². The molecule has 0 aromatic heterocycles. The van der Waals surface area contributed by atoms with Crippen LogP contribution in [0.25, 0.3) is 0 Å². The van der Waals surface area contributed by atoms with Crippen LogP contribution in [0, 0.1) is 0 Å². The first-order valence-electron chi connectivity index (χ1n) is 6.65. The third kappa shape index (κ3) is 3.93. The van der Waals surface area contributed by atoms with Gasteiger partial charge in [0.1, 0.15) is 5.75 Å². The van der Waals surface area contributed by atoms with Crippen LogP contribution in [0.15, 0.2) is 24.3 Å². The van der Waals surface area contributed by atoms with E-state index in [0.717, 1.165) is 18.7 Å². The Bertz CT molecular complexity index is 361. The lowest BCUT2D eigenvalue weighted by atomic mass is 9.94. The van der Waals surface area contributed by atoms with Gasteiger partial charge in [-0.25, -0.2) is 0 Å². The molecule has 0 amide bonds. The van der Waals surface area contributed by atoms with Gasteiger partial charge in [-0.2, -0.15) is 0 Å². The van der Waals surface area contributed by atoms with Crippen molar-refractivity contribution in [3.05, 3.63) is 29.8 Å². The van der Waals surface area contributed by atoms with Gasteiger partial charge in [-0.3, -0.25) is 4.90 Å². The first kappa shape index (κ1) is 16.0. The largest absolute Gasteiger partial charge is 0.497 e. The normalized spacial score (nSPS) is 14.4. The van der Waals surface area contributed by atoms with E-state index in [1.165, 1.54) is 5.56 Å². The van der Waals surface area contributed by atoms with Crippen LogP contribution in [0.1, 0.15) is 18.9 Å². The SMILES string of the molecule is CCC(CN)(COC)N(C)Cc1ccc(OC)cc1. The van der Waals surface area contributed by atoms with Crippen molar-refractivity contribution in [2.24, 2.45) is 5.73 Å². The van der Waals surface area contributed by atoms with Gasteiger partial charge in [-0.1, -0.05) is 19.1 Å². The molecule has 0 heterocycles. The summed E-state index contributed by atoms with van der Waals surface area (Å²) in [7, 11) is 5.50. The van der Waals surface area contributed by atoms with E-state index >= 15 is 0 Å². The van der Waals surface area contributed by atoms with Gasteiger partial charge >= 0.3 is 0 Å². The van der Waals surface area contributed by atoms with Crippen LogP contribution in [0.5, 0.6) is 5.75 Å². The van der Waals surface area contributed by atoms with Gasteiger partial charge in [0.15, 0.2) is 0 Å². The zero-order valence-electron chi connectivity index (χ0n) is 12.5. The molecule has 1 rings (SSSR count). The highest BCUT2D eigenvalue weighted by atomic mass is 16.5. The average Bonchev–Trinajstić information content (AvgIpc) is 2.45. The van der Waals surface area contributed by atoms with Gasteiger partial charge < -0.3 is 15.2 Å². The molecule has 2 N–H and O–H groups in total. The fourth-order valence-electron chi connectivity index (χ4n) is 2.28. The Morgan fingerprint density at radius 2 is 1.84 bits per heavy atom. The summed E-state index contributed by atoms with van der Waals surface area (Å²) in [6.07, 6.45) is 0.962. The summed E-state index contributed by atoms with van der Waals surface area (Å²) in [5.74, 6) is 0.879. The van der Waals surface area contributed by atoms with Crippen molar-refractivity contribution in [2.45, 2.75) is 25.4 Å². The molecule has 0 saturated heterocycles. The topological polar surface area (TPSA) is 47.7 Å². The van der Waals surface area contributed by atoms with Gasteiger partial charge in [0.05, 0.1) is 19.3 Å². The fraction of sp³-hybridized carbons (Fsp3) is 0.600. The lowest BCUT2D eigenvalue weighted by Crippen LogP contribution is -2.54. The maximum Gasteiger partial charge on any atom is 0.118 e. The zero-order chi connectivity index (χ0) is 14.3. The van der Waals surface area contributed by atoms with Crippen molar-refractivity contribution >= 4 is 0 Å². The van der Waals surface area contributed by atoms with Crippen LogP contribution in [-0.4, -0.2) is 44.9 Å². The van der Waals surface area contributed by atoms with E-state index in [2.05, 4.69) is 31.0 Å². The number of likely N-dealkylation sites (N-methyl/N-ethyl adjacent to an activating group) is 1. The molecule has 0 fully saturated rings. The molecule has 0 bridgehead atoms. The van der Waals surface area contributed by atoms with Crippen LogP contribution < -0.4 is 10.5 Å². The number of methoxy groups -OCH3 is 2. The van der Waals surface area contributed by atoms with Crippen LogP contribution in [0.4, 0.5) is 0 Å². The van der Waals surface area contributed by atoms with Crippen molar-refractivity contribution in [1.82, 2.24) is 4.90 Å². The number of hydrogen-bond donors (Lipinski definition) is 1. The Morgan fingerprint density at radius 3 is 2.26 bits per heavy atom. The maximum absolute atomic E-state index is 5.96. The van der Waals surface area contributed by atoms with E-state index < -0.39 is 0 Å². The molecule has 0 spiro atoms. The second kappa shape index (κ2) is 7.48. The number of hydrogen-bond acceptors (Lipinski definition) is 4. The van der Waals surface area contributed by atoms with Crippen molar-refractivity contribution in [3.63, 3.8) is 0 Å². The molecule has 4 heteroatoms. The molecule has 108 valence electrons. The van der Waals surface area contributed by atoms with Gasteiger partial charge in [-0.05, 0) is 31.2 Å². The Labute approximate surface area is 116 Å². The highest BCUT2D eigenvalue weighted by Crippen LogP contribution is 2.21. The Balaban J connectivity index is 2.77. The molecule has 0 aliphatic carbocycles. The second-order valence-corrected chi connectivity index (χ2v) is 4.92. The number of rotatable bonds is 8. The van der Waals surface area contributed by atoms with Gasteiger partial charge in [0.25, 0.3) is 0 Å². The number of nitrogens with zero attached hydrogens (tertiary/aromatic N) is 1. The highest BCUT2D eigenvalue weighted by Gasteiger charge is 2.31. The summed E-state index contributed by atoms with van der Waals surface area (Å²) < 4.78 is 10.5. The third-order valence-corrected chi connectivity index (χ3v) is 3.84. The van der Waals surface area contributed by atoms with Crippen LogP contribution in [-0.2, 0) is 11.3 Å². The van der Waals surface area contributed by atoms with E-state index in [4.69, 9.17) is 15.2 Å². The molecule has 1 aromatic carbocycles. The molecule has 1 aromatic rings. The molecular weight excluding hydrogens is 240 g/mol. The van der Waals surface area contributed by atoms with E-state index in [9.17, 15) is 0 Å². The van der Waals surface area contributed by atoms with Crippen molar-refractivity contribution in [2.75, 3.05) is 34.4 Å². The third-order valence-electron chi connectivity index (χ3n) is 3.84. The average molecular weight is 266 g/mol. The van der Waals surface area contributed by atoms with Gasteiger partial charge in [-0.15, -0.1) is 0 Å². The number of benzene rings is 1. The summed E-state index contributed by atoms with van der Waals surface area (Å²) in [5, 5.41) is 0. The molecule has 4 nitrogen and oxygen atoms in total. The minimum absolute atomic E-state index is 0.103. The van der Waals surface area contributed by atoms with Crippen molar-refractivity contribution in [3.8, 4) is 5.75 Å². The lowest BCUT2D eigenvalue weighted by Gasteiger charge is -2.40. The smallest absolute Gasteiger partial charge is 0.118 e. The molecule has 19 heavy (non-hydrogen) atoms. The molecule has 1 atom stereocenters. The molecule has 0 radical (unpaired) electrons. The first-order valence-corrected chi connectivity index (χ1v) is 6.65. The molecule has 1 unspecified atom stereocenters. The van der Waals surface area contributed by atoms with E-state index in [1.54, 1.807) is 14.2 Å². The molecule has 0 saturated carbocycles. The molecular formula is C15H26N2O2. The van der Waals surface area contributed by atoms with E-state index in [0.29, 0.717) is 13.2 Å². The quantitative estimate of drug-likeness (QED) is 0.780. The number of nitrogens with two attached hydrogens (primary N) is 1. The van der Waals surface area contributed by atoms with Crippen LogP contribution in [0.3, 0.4) is 0 Å². The van der Waals surface area contributed by atoms with Crippen LogP contribution in [0.2, 0.25) is 0 Å². The highest BCUT2D eigenvalue weighted by molar-refractivity contribution is 5.27. The van der Waals surface area contributed by atoms with Crippen molar-refractivity contribution in [1.29, 1.82) is 0 Å². The lowest BCUT2D eigenvalue weighted by molar-refractivity contribution is 0.0234. The Morgan fingerprint density at radius 1 is 1.21 bits per heavy atom. The van der Waals surface area contributed by atoms with Crippen LogP contribution >= 0.6 is 0 Å². The summed E-state index contributed by atoms with van der Waals surface area (Å²) in [5.41, 5.74) is 7.10. The first-order chi connectivity index (χ1) is 9.11. The minimum atomic E-state index is -0.103. The molecule has 0 aliphatic heterocycles. The monoisotopic (exact) mass is 266 g/mol. The molecule has 0 aliphatic rings. The Kier molecular flexibility index (Phi) is 6.28. The summed E-state index contributed by atoms with van der Waals surface area (Å²) >= 11 is 0. The predicted molar refractivity (Wildman–Crippen MR) is 78.4 cm³/mol.